The highest BCUT2D eigenvalue weighted by molar-refractivity contribution is 5.92. The molecule has 33 heavy (non-hydrogen) atoms. The van der Waals surface area contributed by atoms with Crippen molar-refractivity contribution in [1.82, 2.24) is 29.6 Å². The zero-order valence-corrected chi connectivity index (χ0v) is 16.9. The number of rotatable bonds is 3. The van der Waals surface area contributed by atoms with E-state index >= 15 is 0 Å². The van der Waals surface area contributed by atoms with Gasteiger partial charge in [0.05, 0.1) is 12.0 Å². The first-order valence-electron chi connectivity index (χ1n) is 9.77. The van der Waals surface area contributed by atoms with Crippen LogP contribution in [0.1, 0.15) is 51.6 Å². The number of halogens is 5. The second-order valence-corrected chi connectivity index (χ2v) is 7.47. The van der Waals surface area contributed by atoms with Crippen LogP contribution in [-0.4, -0.2) is 42.1 Å². The zero-order valence-electron chi connectivity index (χ0n) is 16.9. The average Bonchev–Trinajstić information content (AvgIpc) is 3.47. The van der Waals surface area contributed by atoms with E-state index in [-0.39, 0.29) is 29.6 Å². The topological polar surface area (TPSA) is 92.8 Å². The molecule has 0 bridgehead atoms. The van der Waals surface area contributed by atoms with Crippen LogP contribution in [-0.2, 0) is 19.6 Å². The summed E-state index contributed by atoms with van der Waals surface area (Å²) in [6.45, 7) is -0.0239. The number of furan rings is 1. The summed E-state index contributed by atoms with van der Waals surface area (Å²) in [5.41, 5.74) is -0.309. The number of aromatic amines is 1. The van der Waals surface area contributed by atoms with Gasteiger partial charge in [-0.2, -0.15) is 13.2 Å². The molecule has 4 aromatic rings. The Morgan fingerprint density at radius 1 is 1.27 bits per heavy atom. The first-order chi connectivity index (χ1) is 15.7. The number of carbonyl (C=O) groups is 1. The maximum atomic E-state index is 14.2. The summed E-state index contributed by atoms with van der Waals surface area (Å²) < 4.78 is 75.1. The predicted molar refractivity (Wildman–Crippen MR) is 102 cm³/mol. The Balaban J connectivity index is 1.70. The third-order valence-electron chi connectivity index (χ3n) is 5.51. The Morgan fingerprint density at radius 3 is 2.73 bits per heavy atom. The van der Waals surface area contributed by atoms with Gasteiger partial charge >= 0.3 is 6.18 Å². The van der Waals surface area contributed by atoms with Gasteiger partial charge in [0.1, 0.15) is 22.9 Å². The molecule has 1 aromatic carbocycles. The van der Waals surface area contributed by atoms with E-state index in [1.165, 1.54) is 37.6 Å². The average molecular weight is 466 g/mol. The lowest BCUT2D eigenvalue weighted by Crippen LogP contribution is -2.42. The summed E-state index contributed by atoms with van der Waals surface area (Å²) in [7, 11) is 1.26. The molecule has 0 saturated heterocycles. The number of amides is 1. The first-order valence-corrected chi connectivity index (χ1v) is 9.77. The second kappa shape index (κ2) is 7.39. The van der Waals surface area contributed by atoms with Gasteiger partial charge in [-0.1, -0.05) is 18.2 Å². The van der Waals surface area contributed by atoms with Crippen LogP contribution in [0.3, 0.4) is 0 Å². The molecule has 0 radical (unpaired) electrons. The molecule has 0 unspecified atom stereocenters. The molecule has 0 fully saturated rings. The highest BCUT2D eigenvalue weighted by Crippen LogP contribution is 2.46. The van der Waals surface area contributed by atoms with Crippen LogP contribution >= 0.6 is 0 Å². The third kappa shape index (κ3) is 3.34. The van der Waals surface area contributed by atoms with Crippen LogP contribution in [0.2, 0.25) is 0 Å². The number of benzene rings is 1. The van der Waals surface area contributed by atoms with Crippen molar-refractivity contribution in [1.29, 1.82) is 0 Å². The molecule has 1 atom stereocenters. The van der Waals surface area contributed by atoms with Crippen molar-refractivity contribution < 1.29 is 31.2 Å². The number of alkyl halides is 5. The smallest absolute Gasteiger partial charge is 0.420 e. The van der Waals surface area contributed by atoms with Crippen molar-refractivity contribution in [2.24, 2.45) is 7.05 Å². The summed E-state index contributed by atoms with van der Waals surface area (Å²) in [4.78, 5) is 25.1. The van der Waals surface area contributed by atoms with Gasteiger partial charge in [-0.15, -0.1) is 5.10 Å². The van der Waals surface area contributed by atoms with Crippen LogP contribution in [0.4, 0.5) is 22.0 Å². The number of hydrogen-bond acceptors (Lipinski definition) is 5. The normalized spacial score (nSPS) is 16.6. The Labute approximate surface area is 182 Å². The monoisotopic (exact) mass is 466 g/mol. The Hall–Kier alpha value is -3.77. The van der Waals surface area contributed by atoms with Gasteiger partial charge in [0.25, 0.3) is 12.3 Å². The molecule has 4 heterocycles. The third-order valence-corrected chi connectivity index (χ3v) is 5.51. The summed E-state index contributed by atoms with van der Waals surface area (Å²) in [5.74, 6) is -2.67. The van der Waals surface area contributed by atoms with Crippen molar-refractivity contribution in [2.75, 3.05) is 6.54 Å². The summed E-state index contributed by atoms with van der Waals surface area (Å²) in [6.07, 6.45) is -6.23. The van der Waals surface area contributed by atoms with Gasteiger partial charge in [0.2, 0.25) is 11.6 Å². The van der Waals surface area contributed by atoms with Gasteiger partial charge in [-0.3, -0.25) is 4.79 Å². The number of imidazole rings is 1. The van der Waals surface area contributed by atoms with Gasteiger partial charge in [-0.25, -0.2) is 23.4 Å². The number of carbonyl (C=O) groups excluding carboxylic acids is 1. The van der Waals surface area contributed by atoms with Crippen molar-refractivity contribution in [3.8, 4) is 0 Å². The van der Waals surface area contributed by atoms with Crippen LogP contribution in [0.5, 0.6) is 0 Å². The highest BCUT2D eigenvalue weighted by Gasteiger charge is 2.46. The van der Waals surface area contributed by atoms with E-state index in [2.05, 4.69) is 20.1 Å². The van der Waals surface area contributed by atoms with E-state index in [1.807, 2.05) is 0 Å². The SMILES string of the molecule is Cn1nc(C(F)F)nc1C(=O)N1CCc2[nH]cnc2[C@H]1c1oc2ccccc2c1C(F)(F)F. The first kappa shape index (κ1) is 21.1. The minimum atomic E-state index is -4.79. The van der Waals surface area contributed by atoms with Crippen molar-refractivity contribution in [3.05, 3.63) is 65.0 Å². The fourth-order valence-corrected chi connectivity index (χ4v) is 4.12. The highest BCUT2D eigenvalue weighted by atomic mass is 19.4. The van der Waals surface area contributed by atoms with Gasteiger partial charge in [0, 0.05) is 31.1 Å². The molecular formula is C20H15F5N6O2. The summed E-state index contributed by atoms with van der Waals surface area (Å²) in [5, 5.41) is 3.37. The number of aromatic nitrogens is 5. The maximum Gasteiger partial charge on any atom is 0.420 e. The quantitative estimate of drug-likeness (QED) is 0.461. The molecule has 0 spiro atoms. The minimum absolute atomic E-state index is 0.00599. The van der Waals surface area contributed by atoms with Crippen molar-refractivity contribution in [3.63, 3.8) is 0 Å². The van der Waals surface area contributed by atoms with E-state index in [1.54, 1.807) is 0 Å². The molecule has 1 aliphatic heterocycles. The molecule has 1 N–H and O–H groups in total. The fourth-order valence-electron chi connectivity index (χ4n) is 4.12. The zero-order chi connectivity index (χ0) is 23.5. The van der Waals surface area contributed by atoms with Crippen LogP contribution in [0, 0.1) is 0 Å². The largest absolute Gasteiger partial charge is 0.458 e. The Kier molecular flexibility index (Phi) is 4.72. The lowest BCUT2D eigenvalue weighted by molar-refractivity contribution is -0.138. The van der Waals surface area contributed by atoms with Crippen LogP contribution < -0.4 is 0 Å². The number of nitrogens with one attached hydrogen (secondary N) is 1. The standard InChI is InChI=1S/C20H15F5N6O2/c1-30-18(28-17(29-30)16(21)22)19(32)31-7-6-10-13(27-8-26-10)14(31)15-12(20(23,24)25)9-4-2-3-5-11(9)33-15/h2-5,8,14,16H,6-7H2,1H3,(H,26,27)/t14-/m0/s1. The van der Waals surface area contributed by atoms with E-state index in [0.717, 1.165) is 9.58 Å². The van der Waals surface area contributed by atoms with E-state index in [9.17, 15) is 26.7 Å². The fraction of sp³-hybridized carbons (Fsp3) is 0.300. The number of para-hydroxylation sites is 1. The number of nitrogens with zero attached hydrogens (tertiary/aromatic N) is 5. The molecule has 1 amide bonds. The molecule has 172 valence electrons. The molecule has 1 aliphatic rings. The van der Waals surface area contributed by atoms with Crippen LogP contribution in [0.15, 0.2) is 35.0 Å². The lowest BCUT2D eigenvalue weighted by atomic mass is 9.96. The predicted octanol–water partition coefficient (Wildman–Crippen LogP) is 4.03. The number of H-pyrrole nitrogens is 1. The Morgan fingerprint density at radius 2 is 2.03 bits per heavy atom. The summed E-state index contributed by atoms with van der Waals surface area (Å²) in [6, 6.07) is 4.30. The molecule has 3 aromatic heterocycles. The summed E-state index contributed by atoms with van der Waals surface area (Å²) >= 11 is 0. The lowest BCUT2D eigenvalue weighted by Gasteiger charge is -2.34. The number of fused-ring (bicyclic) bond motifs is 2. The van der Waals surface area contributed by atoms with E-state index < -0.39 is 47.5 Å². The molecule has 8 nitrogen and oxygen atoms in total. The van der Waals surface area contributed by atoms with Crippen molar-refractivity contribution in [2.45, 2.75) is 25.1 Å². The molecular weight excluding hydrogens is 451 g/mol. The Bertz CT molecular complexity index is 1350. The molecule has 0 saturated carbocycles. The van der Waals surface area contributed by atoms with Gasteiger partial charge in [-0.05, 0) is 6.07 Å². The van der Waals surface area contributed by atoms with Gasteiger partial charge < -0.3 is 14.3 Å². The molecule has 5 rings (SSSR count). The maximum absolute atomic E-state index is 14.2. The molecule has 0 aliphatic carbocycles. The molecule has 13 heteroatoms. The van der Waals surface area contributed by atoms with E-state index in [4.69, 9.17) is 4.42 Å². The number of aryl methyl sites for hydroxylation is 1. The van der Waals surface area contributed by atoms with E-state index in [0.29, 0.717) is 5.69 Å². The van der Waals surface area contributed by atoms with Crippen LogP contribution in [0.25, 0.3) is 11.0 Å². The van der Waals surface area contributed by atoms with Crippen molar-refractivity contribution >= 4 is 16.9 Å². The number of hydrogen-bond donors (Lipinski definition) is 1. The second-order valence-electron chi connectivity index (χ2n) is 7.47. The minimum Gasteiger partial charge on any atom is -0.458 e. The van der Waals surface area contributed by atoms with Gasteiger partial charge in [0.15, 0.2) is 0 Å².